The molecule has 0 saturated carbocycles. The molecule has 0 amide bonds. The van der Waals surface area contributed by atoms with Crippen LogP contribution in [0.3, 0.4) is 0 Å². The molecule has 1 atom stereocenters. The first-order chi connectivity index (χ1) is 7.29. The summed E-state index contributed by atoms with van der Waals surface area (Å²) >= 11 is 0. The summed E-state index contributed by atoms with van der Waals surface area (Å²) in [6.07, 6.45) is 1.45. The molecule has 16 heavy (non-hydrogen) atoms. The first kappa shape index (κ1) is 12.5. The van der Waals surface area contributed by atoms with Crippen LogP contribution in [0.4, 0.5) is 0 Å². The van der Waals surface area contributed by atoms with E-state index in [2.05, 4.69) is 0 Å². The van der Waals surface area contributed by atoms with Gasteiger partial charge < -0.3 is 14.3 Å². The van der Waals surface area contributed by atoms with Crippen molar-refractivity contribution in [2.45, 2.75) is 38.9 Å². The van der Waals surface area contributed by atoms with Crippen molar-refractivity contribution in [2.75, 3.05) is 19.8 Å². The molecule has 6 heteroatoms. The van der Waals surface area contributed by atoms with Gasteiger partial charge in [-0.1, -0.05) is 13.8 Å². The van der Waals surface area contributed by atoms with Crippen molar-refractivity contribution in [3.05, 3.63) is 0 Å². The number of hydroxylamine groups is 2. The lowest BCUT2D eigenvalue weighted by molar-refractivity contribution is -0.126. The Kier molecular flexibility index (Phi) is 2.96. The first-order valence-electron chi connectivity index (χ1n) is 5.65. The average Bonchev–Trinajstić information content (AvgIpc) is 2.54. The Bertz CT molecular complexity index is 319. The van der Waals surface area contributed by atoms with Gasteiger partial charge in [-0.25, -0.2) is 0 Å². The van der Waals surface area contributed by atoms with Crippen LogP contribution in [0.15, 0.2) is 0 Å². The lowest BCUT2D eigenvalue weighted by atomic mass is 9.97. The smallest absolute Gasteiger partial charge is 0.313 e. The molecular weight excluding hydrogens is 229 g/mol. The van der Waals surface area contributed by atoms with Crippen LogP contribution in [0.2, 0.25) is 0 Å². The molecule has 5 nitrogen and oxygen atoms in total. The molecule has 2 rings (SSSR count). The van der Waals surface area contributed by atoms with Crippen molar-refractivity contribution < 1.29 is 18.8 Å². The molecule has 94 valence electrons. The molecule has 0 bridgehead atoms. The van der Waals surface area contributed by atoms with Gasteiger partial charge in [-0.2, -0.15) is 5.06 Å². The second-order valence-electron chi connectivity index (χ2n) is 5.65. The highest BCUT2D eigenvalue weighted by Crippen LogP contribution is 2.66. The van der Waals surface area contributed by atoms with Crippen molar-refractivity contribution in [2.24, 2.45) is 5.41 Å². The minimum Gasteiger partial charge on any atom is -0.313 e. The van der Waals surface area contributed by atoms with Gasteiger partial charge >= 0.3 is 7.60 Å². The van der Waals surface area contributed by atoms with E-state index in [0.29, 0.717) is 26.2 Å². The summed E-state index contributed by atoms with van der Waals surface area (Å²) in [6, 6.07) is 0. The maximum atomic E-state index is 12.6. The first-order valence-corrected chi connectivity index (χ1v) is 7.19. The van der Waals surface area contributed by atoms with Crippen molar-refractivity contribution in [1.29, 1.82) is 0 Å². The SMILES string of the molecule is CC1(C)COP(=O)(C2(C)CCCN2O)OC1. The van der Waals surface area contributed by atoms with Crippen molar-refractivity contribution in [3.63, 3.8) is 0 Å². The second kappa shape index (κ2) is 3.79. The lowest BCUT2D eigenvalue weighted by Gasteiger charge is -2.42. The van der Waals surface area contributed by atoms with E-state index in [4.69, 9.17) is 9.05 Å². The standard InChI is InChI=1S/C10H20NO4P/c1-9(2)7-14-16(13,15-8-9)10(3)5-4-6-11(10)12/h12H,4-8H2,1-3H3. The minimum atomic E-state index is -3.23. The number of rotatable bonds is 1. The van der Waals surface area contributed by atoms with Gasteiger partial charge in [-0.15, -0.1) is 0 Å². The maximum Gasteiger partial charge on any atom is 0.352 e. The van der Waals surface area contributed by atoms with Gasteiger partial charge in [0.1, 0.15) is 5.28 Å². The van der Waals surface area contributed by atoms with Crippen LogP contribution >= 0.6 is 7.60 Å². The molecule has 0 aromatic heterocycles. The predicted molar refractivity (Wildman–Crippen MR) is 59.4 cm³/mol. The summed E-state index contributed by atoms with van der Waals surface area (Å²) < 4.78 is 23.5. The molecule has 0 spiro atoms. The zero-order valence-corrected chi connectivity index (χ0v) is 11.0. The van der Waals surface area contributed by atoms with Crippen LogP contribution in [0.25, 0.3) is 0 Å². The molecule has 0 aliphatic carbocycles. The number of nitrogens with zero attached hydrogens (tertiary/aromatic N) is 1. The molecule has 2 saturated heterocycles. The Hall–Kier alpha value is 0.0700. The summed E-state index contributed by atoms with van der Waals surface area (Å²) in [5, 5.41) is 10.0. The zero-order valence-electron chi connectivity index (χ0n) is 10.1. The monoisotopic (exact) mass is 249 g/mol. The third kappa shape index (κ3) is 1.85. The van der Waals surface area contributed by atoms with Crippen LogP contribution in [-0.2, 0) is 13.6 Å². The van der Waals surface area contributed by atoms with Crippen LogP contribution in [0, 0.1) is 5.41 Å². The second-order valence-corrected chi connectivity index (χ2v) is 8.13. The summed E-state index contributed by atoms with van der Waals surface area (Å²) in [7, 11) is -3.23. The van der Waals surface area contributed by atoms with E-state index in [0.717, 1.165) is 11.5 Å². The molecule has 0 aromatic rings. The minimum absolute atomic E-state index is 0.108. The summed E-state index contributed by atoms with van der Waals surface area (Å²) in [5.74, 6) is 0. The van der Waals surface area contributed by atoms with Gasteiger partial charge in [0, 0.05) is 12.0 Å². The molecule has 2 aliphatic rings. The highest BCUT2D eigenvalue weighted by atomic mass is 31.2. The normalized spacial score (nSPS) is 38.8. The third-order valence-electron chi connectivity index (χ3n) is 3.42. The fourth-order valence-electron chi connectivity index (χ4n) is 2.09. The van der Waals surface area contributed by atoms with Crippen molar-refractivity contribution >= 4 is 7.60 Å². The largest absolute Gasteiger partial charge is 0.352 e. The predicted octanol–water partition coefficient (Wildman–Crippen LogP) is 2.45. The topological polar surface area (TPSA) is 59.0 Å². The Morgan fingerprint density at radius 1 is 1.25 bits per heavy atom. The summed E-state index contributed by atoms with van der Waals surface area (Å²) in [4.78, 5) is 0. The fraction of sp³-hybridized carbons (Fsp3) is 1.00. The fourth-order valence-corrected chi connectivity index (χ4v) is 4.57. The Morgan fingerprint density at radius 3 is 2.25 bits per heavy atom. The van der Waals surface area contributed by atoms with Crippen molar-refractivity contribution in [3.8, 4) is 0 Å². The van der Waals surface area contributed by atoms with Gasteiger partial charge in [0.15, 0.2) is 0 Å². The highest BCUT2D eigenvalue weighted by molar-refractivity contribution is 7.55. The van der Waals surface area contributed by atoms with Crippen LogP contribution in [-0.4, -0.2) is 35.3 Å². The van der Waals surface area contributed by atoms with Gasteiger partial charge in [-0.3, -0.25) is 4.57 Å². The van der Waals surface area contributed by atoms with Gasteiger partial charge in [0.05, 0.1) is 13.2 Å². The van der Waals surface area contributed by atoms with E-state index in [1.54, 1.807) is 6.92 Å². The Labute approximate surface area is 96.2 Å². The van der Waals surface area contributed by atoms with Gasteiger partial charge in [0.2, 0.25) is 0 Å². The molecule has 2 heterocycles. The van der Waals surface area contributed by atoms with E-state index in [1.165, 1.54) is 0 Å². The molecule has 1 unspecified atom stereocenters. The quantitative estimate of drug-likeness (QED) is 0.723. The zero-order chi connectivity index (χ0) is 12.0. The molecule has 1 N–H and O–H groups in total. The van der Waals surface area contributed by atoms with Crippen LogP contribution in [0.1, 0.15) is 33.6 Å². The van der Waals surface area contributed by atoms with E-state index >= 15 is 0 Å². The Balaban J connectivity index is 2.18. The average molecular weight is 249 g/mol. The van der Waals surface area contributed by atoms with E-state index in [1.807, 2.05) is 13.8 Å². The molecule has 2 fully saturated rings. The van der Waals surface area contributed by atoms with E-state index < -0.39 is 12.9 Å². The maximum absolute atomic E-state index is 12.6. The van der Waals surface area contributed by atoms with Gasteiger partial charge in [0.25, 0.3) is 0 Å². The summed E-state index contributed by atoms with van der Waals surface area (Å²) in [5.41, 5.74) is -0.108. The van der Waals surface area contributed by atoms with E-state index in [9.17, 15) is 9.77 Å². The van der Waals surface area contributed by atoms with Gasteiger partial charge in [-0.05, 0) is 19.8 Å². The summed E-state index contributed by atoms with van der Waals surface area (Å²) in [6.45, 7) is 7.10. The molecule has 2 aliphatic heterocycles. The van der Waals surface area contributed by atoms with Crippen molar-refractivity contribution in [1.82, 2.24) is 5.06 Å². The molecular formula is C10H20NO4P. The lowest BCUT2D eigenvalue weighted by Crippen LogP contribution is -2.43. The van der Waals surface area contributed by atoms with Crippen LogP contribution < -0.4 is 0 Å². The third-order valence-corrected chi connectivity index (χ3v) is 5.99. The Morgan fingerprint density at radius 2 is 1.81 bits per heavy atom. The number of hydrogen-bond donors (Lipinski definition) is 1. The van der Waals surface area contributed by atoms with Crippen LogP contribution in [0.5, 0.6) is 0 Å². The highest BCUT2D eigenvalue weighted by Gasteiger charge is 2.56. The number of hydrogen-bond acceptors (Lipinski definition) is 5. The molecule has 0 radical (unpaired) electrons. The molecule has 0 aromatic carbocycles. The van der Waals surface area contributed by atoms with E-state index in [-0.39, 0.29) is 5.41 Å².